The van der Waals surface area contributed by atoms with Gasteiger partial charge in [-0.15, -0.1) is 11.3 Å². The zero-order chi connectivity index (χ0) is 18.7. The first-order chi connectivity index (χ1) is 12.4. The van der Waals surface area contributed by atoms with Crippen LogP contribution in [0.3, 0.4) is 0 Å². The largest absolute Gasteiger partial charge is 0.301 e. The molecule has 26 heavy (non-hydrogen) atoms. The normalized spacial score (nSPS) is 12.6. The third-order valence-corrected chi connectivity index (χ3v) is 6.16. The van der Waals surface area contributed by atoms with Crippen LogP contribution >= 0.6 is 27.3 Å². The monoisotopic (exact) mass is 428 g/mol. The van der Waals surface area contributed by atoms with Crippen LogP contribution in [-0.2, 0) is 4.79 Å². The van der Waals surface area contributed by atoms with E-state index in [0.717, 1.165) is 15.6 Å². The van der Waals surface area contributed by atoms with E-state index in [0.29, 0.717) is 5.13 Å². The number of rotatable bonds is 5. The van der Waals surface area contributed by atoms with E-state index in [1.165, 1.54) is 16.9 Å². The highest BCUT2D eigenvalue weighted by Crippen LogP contribution is 2.42. The minimum Gasteiger partial charge on any atom is -0.301 e. The van der Waals surface area contributed by atoms with Crippen LogP contribution in [-0.4, -0.2) is 10.9 Å². The lowest BCUT2D eigenvalue weighted by atomic mass is 9.70. The number of carbonyl (C=O) groups is 1. The van der Waals surface area contributed by atoms with E-state index in [4.69, 9.17) is 0 Å². The molecule has 0 unspecified atom stereocenters. The summed E-state index contributed by atoms with van der Waals surface area (Å²) >= 11 is 5.05. The van der Waals surface area contributed by atoms with Crippen molar-refractivity contribution in [3.63, 3.8) is 0 Å². The molecule has 0 bridgehead atoms. The summed E-state index contributed by atoms with van der Waals surface area (Å²) in [4.78, 5) is 17.3. The van der Waals surface area contributed by atoms with Gasteiger partial charge in [-0.2, -0.15) is 0 Å². The fourth-order valence-corrected chi connectivity index (χ4v) is 4.05. The van der Waals surface area contributed by atoms with Gasteiger partial charge in [0.15, 0.2) is 5.13 Å². The Balaban J connectivity index is 2.04. The minimum absolute atomic E-state index is 0.0435. The summed E-state index contributed by atoms with van der Waals surface area (Å²) in [5.41, 5.74) is 2.72. The van der Waals surface area contributed by atoms with Gasteiger partial charge in [-0.3, -0.25) is 4.79 Å². The number of benzene rings is 2. The van der Waals surface area contributed by atoms with Gasteiger partial charge in [0.2, 0.25) is 5.91 Å². The summed E-state index contributed by atoms with van der Waals surface area (Å²) in [7, 11) is 0. The SMILES string of the molecule is Cc1ccc([C@@H](c2ccccc2)C(C)(C)C(=O)Nc2nccs2)cc1Br. The topological polar surface area (TPSA) is 42.0 Å². The molecule has 1 N–H and O–H groups in total. The van der Waals surface area contributed by atoms with Crippen molar-refractivity contribution in [2.45, 2.75) is 26.7 Å². The average molecular weight is 429 g/mol. The Hall–Kier alpha value is -1.98. The third-order valence-electron chi connectivity index (χ3n) is 4.62. The summed E-state index contributed by atoms with van der Waals surface area (Å²) in [5, 5.41) is 5.45. The van der Waals surface area contributed by atoms with Gasteiger partial charge in [-0.1, -0.05) is 72.2 Å². The Morgan fingerprint density at radius 3 is 2.50 bits per heavy atom. The van der Waals surface area contributed by atoms with E-state index in [-0.39, 0.29) is 11.8 Å². The predicted molar refractivity (Wildman–Crippen MR) is 112 cm³/mol. The average Bonchev–Trinajstić information content (AvgIpc) is 3.12. The quantitative estimate of drug-likeness (QED) is 0.540. The smallest absolute Gasteiger partial charge is 0.232 e. The third kappa shape index (κ3) is 3.89. The van der Waals surface area contributed by atoms with Gasteiger partial charge >= 0.3 is 0 Å². The minimum atomic E-state index is -0.665. The first kappa shape index (κ1) is 18.8. The highest BCUT2D eigenvalue weighted by atomic mass is 79.9. The molecule has 3 nitrogen and oxygen atoms in total. The lowest BCUT2D eigenvalue weighted by Gasteiger charge is -2.34. The number of anilines is 1. The van der Waals surface area contributed by atoms with E-state index in [1.54, 1.807) is 6.20 Å². The molecule has 3 rings (SSSR count). The summed E-state index contributed by atoms with van der Waals surface area (Å²) in [6.07, 6.45) is 1.69. The maximum absolute atomic E-state index is 13.1. The number of thiazole rings is 1. The number of nitrogens with one attached hydrogen (secondary N) is 1. The van der Waals surface area contributed by atoms with Crippen LogP contribution in [0, 0.1) is 12.3 Å². The molecule has 5 heteroatoms. The standard InChI is InChI=1S/C21H21BrN2OS/c1-14-9-10-16(13-17(14)22)18(15-7-5-4-6-8-15)21(2,3)19(25)24-20-23-11-12-26-20/h4-13,18H,1-3H3,(H,23,24,25)/t18-/m1/s1. The highest BCUT2D eigenvalue weighted by molar-refractivity contribution is 9.10. The molecule has 2 aromatic carbocycles. The van der Waals surface area contributed by atoms with E-state index in [1.807, 2.05) is 37.4 Å². The first-order valence-electron chi connectivity index (χ1n) is 8.41. The van der Waals surface area contributed by atoms with Crippen molar-refractivity contribution in [3.8, 4) is 0 Å². The molecule has 0 aliphatic carbocycles. The van der Waals surface area contributed by atoms with Gasteiger partial charge in [0.1, 0.15) is 0 Å². The Bertz CT molecular complexity index is 892. The van der Waals surface area contributed by atoms with Crippen molar-refractivity contribution < 1.29 is 4.79 Å². The van der Waals surface area contributed by atoms with Gasteiger partial charge in [-0.25, -0.2) is 4.98 Å². The number of amides is 1. The van der Waals surface area contributed by atoms with Gasteiger partial charge in [-0.05, 0) is 29.7 Å². The van der Waals surface area contributed by atoms with Crippen molar-refractivity contribution in [2.24, 2.45) is 5.41 Å². The number of aryl methyl sites for hydroxylation is 1. The van der Waals surface area contributed by atoms with E-state index >= 15 is 0 Å². The Morgan fingerprint density at radius 1 is 1.15 bits per heavy atom. The molecule has 0 spiro atoms. The van der Waals surface area contributed by atoms with E-state index in [2.05, 4.69) is 63.5 Å². The highest BCUT2D eigenvalue weighted by Gasteiger charge is 2.39. The van der Waals surface area contributed by atoms with Crippen LogP contribution in [0.1, 0.15) is 36.5 Å². The molecular formula is C21H21BrN2OS. The molecule has 0 saturated carbocycles. The molecule has 1 aromatic heterocycles. The summed E-state index contributed by atoms with van der Waals surface area (Å²) in [6, 6.07) is 16.5. The van der Waals surface area contributed by atoms with E-state index < -0.39 is 5.41 Å². The second-order valence-electron chi connectivity index (χ2n) is 6.87. The van der Waals surface area contributed by atoms with Crippen LogP contribution in [0.25, 0.3) is 0 Å². The second-order valence-corrected chi connectivity index (χ2v) is 8.61. The molecular weight excluding hydrogens is 408 g/mol. The van der Waals surface area contributed by atoms with Crippen LogP contribution in [0.15, 0.2) is 64.6 Å². The summed E-state index contributed by atoms with van der Waals surface area (Å²) in [6.45, 7) is 6.04. The van der Waals surface area contributed by atoms with Crippen molar-refractivity contribution in [2.75, 3.05) is 5.32 Å². The first-order valence-corrected chi connectivity index (χ1v) is 10.1. The fraction of sp³-hybridized carbons (Fsp3) is 0.238. The fourth-order valence-electron chi connectivity index (χ4n) is 3.13. The molecule has 0 aliphatic heterocycles. The summed E-state index contributed by atoms with van der Waals surface area (Å²) in [5.74, 6) is -0.126. The number of hydrogen-bond donors (Lipinski definition) is 1. The van der Waals surface area contributed by atoms with Crippen LogP contribution < -0.4 is 5.32 Å². The van der Waals surface area contributed by atoms with Gasteiger partial charge < -0.3 is 5.32 Å². The number of halogens is 1. The predicted octanol–water partition coefficient (Wildman–Crippen LogP) is 6.01. The van der Waals surface area contributed by atoms with Crippen LogP contribution in [0.5, 0.6) is 0 Å². The zero-order valence-corrected chi connectivity index (χ0v) is 17.4. The maximum atomic E-state index is 13.1. The summed E-state index contributed by atoms with van der Waals surface area (Å²) < 4.78 is 1.05. The lowest BCUT2D eigenvalue weighted by molar-refractivity contribution is -0.124. The molecule has 0 aliphatic rings. The van der Waals surface area contributed by atoms with Gasteiger partial charge in [0, 0.05) is 22.0 Å². The number of carbonyl (C=O) groups excluding carboxylic acids is 1. The van der Waals surface area contributed by atoms with Crippen molar-refractivity contribution >= 4 is 38.3 Å². The van der Waals surface area contributed by atoms with Crippen molar-refractivity contribution in [3.05, 3.63) is 81.3 Å². The van der Waals surface area contributed by atoms with Gasteiger partial charge in [0.05, 0.1) is 5.41 Å². The van der Waals surface area contributed by atoms with Crippen LogP contribution in [0.4, 0.5) is 5.13 Å². The molecule has 1 amide bonds. The second kappa shape index (κ2) is 7.72. The molecule has 0 saturated heterocycles. The lowest BCUT2D eigenvalue weighted by Crippen LogP contribution is -2.37. The Morgan fingerprint density at radius 2 is 1.88 bits per heavy atom. The van der Waals surface area contributed by atoms with E-state index in [9.17, 15) is 4.79 Å². The van der Waals surface area contributed by atoms with Gasteiger partial charge in [0.25, 0.3) is 0 Å². The maximum Gasteiger partial charge on any atom is 0.232 e. The molecule has 1 atom stereocenters. The number of aromatic nitrogens is 1. The molecule has 134 valence electrons. The number of hydrogen-bond acceptors (Lipinski definition) is 3. The molecule has 0 radical (unpaired) electrons. The zero-order valence-electron chi connectivity index (χ0n) is 15.0. The van der Waals surface area contributed by atoms with Crippen LogP contribution in [0.2, 0.25) is 0 Å². The molecule has 1 heterocycles. The van der Waals surface area contributed by atoms with Crippen molar-refractivity contribution in [1.29, 1.82) is 0 Å². The Labute approximate surface area is 166 Å². The molecule has 0 fully saturated rings. The Kier molecular flexibility index (Phi) is 5.58. The molecule has 3 aromatic rings. The van der Waals surface area contributed by atoms with Crippen molar-refractivity contribution in [1.82, 2.24) is 4.98 Å². The number of nitrogens with zero attached hydrogens (tertiary/aromatic N) is 1.